The maximum Gasteiger partial charge on any atom is 0.159 e. The average molecular weight is 306 g/mol. The highest BCUT2D eigenvalue weighted by atomic mass is 16.3. The van der Waals surface area contributed by atoms with E-state index in [-0.39, 0.29) is 23.9 Å². The first-order chi connectivity index (χ1) is 11.1. The van der Waals surface area contributed by atoms with E-state index >= 15 is 0 Å². The summed E-state index contributed by atoms with van der Waals surface area (Å²) in [6, 6.07) is 22.2. The molecule has 4 unspecified atom stereocenters. The molecule has 2 N–H and O–H groups in total. The van der Waals surface area contributed by atoms with E-state index in [1.54, 1.807) is 0 Å². The van der Waals surface area contributed by atoms with E-state index in [1.807, 2.05) is 74.5 Å². The fraction of sp³-hybridized carbons (Fsp3) is 0.350. The summed E-state index contributed by atoms with van der Waals surface area (Å²) in [6.07, 6.45) is 0. The first-order valence-electron chi connectivity index (χ1n) is 8.07. The highest BCUT2D eigenvalue weighted by Crippen LogP contribution is 2.46. The van der Waals surface area contributed by atoms with Gasteiger partial charge in [-0.15, -0.1) is 0 Å². The maximum atomic E-state index is 11.1. The molecule has 1 aliphatic rings. The van der Waals surface area contributed by atoms with Crippen molar-refractivity contribution in [1.82, 2.24) is 5.32 Å². The van der Waals surface area contributed by atoms with Crippen molar-refractivity contribution in [2.24, 2.45) is 11.8 Å². The molecular formula is C20H22N2O. The van der Waals surface area contributed by atoms with Crippen LogP contribution in [0.2, 0.25) is 0 Å². The van der Waals surface area contributed by atoms with Gasteiger partial charge >= 0.3 is 0 Å². The van der Waals surface area contributed by atoms with E-state index < -0.39 is 5.60 Å². The van der Waals surface area contributed by atoms with E-state index in [2.05, 4.69) is 11.4 Å². The summed E-state index contributed by atoms with van der Waals surface area (Å²) >= 11 is 0. The van der Waals surface area contributed by atoms with Crippen LogP contribution in [0.3, 0.4) is 0 Å². The average Bonchev–Trinajstić information content (AvgIpc) is 2.61. The zero-order chi connectivity index (χ0) is 16.4. The molecule has 3 heteroatoms. The van der Waals surface area contributed by atoms with Gasteiger partial charge in [0, 0.05) is 23.9 Å². The summed E-state index contributed by atoms with van der Waals surface area (Å²) in [7, 11) is 0. The lowest BCUT2D eigenvalue weighted by atomic mass is 9.67. The highest BCUT2D eigenvalue weighted by Gasteiger charge is 2.51. The number of benzene rings is 2. The van der Waals surface area contributed by atoms with Crippen LogP contribution in [0.5, 0.6) is 0 Å². The topological polar surface area (TPSA) is 56.0 Å². The van der Waals surface area contributed by atoms with Gasteiger partial charge in [-0.25, -0.2) is 0 Å². The fourth-order valence-electron chi connectivity index (χ4n) is 3.70. The molecule has 1 aliphatic heterocycles. The van der Waals surface area contributed by atoms with Crippen LogP contribution in [-0.2, 0) is 0 Å². The molecule has 0 amide bonds. The van der Waals surface area contributed by atoms with Crippen LogP contribution in [0.15, 0.2) is 60.7 Å². The Kier molecular flexibility index (Phi) is 4.21. The summed E-state index contributed by atoms with van der Waals surface area (Å²) in [5, 5.41) is 24.4. The summed E-state index contributed by atoms with van der Waals surface area (Å²) in [6.45, 7) is 3.90. The minimum atomic E-state index is -1.37. The fourth-order valence-corrected chi connectivity index (χ4v) is 3.70. The van der Waals surface area contributed by atoms with Crippen LogP contribution in [0.25, 0.3) is 0 Å². The Labute approximate surface area is 137 Å². The molecule has 0 aromatic heterocycles. The summed E-state index contributed by atoms with van der Waals surface area (Å²) in [5.41, 5.74) is 0.828. The van der Waals surface area contributed by atoms with Gasteiger partial charge in [-0.05, 0) is 11.1 Å². The van der Waals surface area contributed by atoms with Crippen LogP contribution < -0.4 is 5.32 Å². The SMILES string of the molecule is CC1C(c2ccccc2)NC(c2ccccc2)C(C)C1(O)C#N. The van der Waals surface area contributed by atoms with Crippen molar-refractivity contribution in [2.75, 3.05) is 0 Å². The molecular weight excluding hydrogens is 284 g/mol. The molecule has 4 atom stereocenters. The molecule has 2 aromatic rings. The van der Waals surface area contributed by atoms with Crippen molar-refractivity contribution >= 4 is 0 Å². The summed E-state index contributed by atoms with van der Waals surface area (Å²) in [5.74, 6) is -0.408. The van der Waals surface area contributed by atoms with Gasteiger partial charge in [0.1, 0.15) is 0 Å². The normalized spacial score (nSPS) is 33.8. The smallest absolute Gasteiger partial charge is 0.159 e. The van der Waals surface area contributed by atoms with Gasteiger partial charge in [0.2, 0.25) is 0 Å². The monoisotopic (exact) mass is 306 g/mol. The Balaban J connectivity index is 2.04. The Hall–Kier alpha value is -2.15. The van der Waals surface area contributed by atoms with Crippen molar-refractivity contribution in [3.8, 4) is 6.07 Å². The third-order valence-corrected chi connectivity index (χ3v) is 5.24. The number of aliphatic hydroxyl groups is 1. The lowest BCUT2D eigenvalue weighted by Crippen LogP contribution is -2.56. The molecule has 3 nitrogen and oxygen atoms in total. The second-order valence-electron chi connectivity index (χ2n) is 6.46. The molecule has 0 radical (unpaired) electrons. The Bertz CT molecular complexity index is 641. The molecule has 118 valence electrons. The van der Waals surface area contributed by atoms with Crippen molar-refractivity contribution < 1.29 is 5.11 Å². The molecule has 23 heavy (non-hydrogen) atoms. The minimum absolute atomic E-state index is 0.0674. The van der Waals surface area contributed by atoms with Crippen LogP contribution >= 0.6 is 0 Å². The van der Waals surface area contributed by atoms with Crippen LogP contribution in [0.4, 0.5) is 0 Å². The van der Waals surface area contributed by atoms with E-state index in [9.17, 15) is 10.4 Å². The van der Waals surface area contributed by atoms with Gasteiger partial charge in [-0.1, -0.05) is 74.5 Å². The van der Waals surface area contributed by atoms with Gasteiger partial charge in [0.15, 0.2) is 5.60 Å². The van der Waals surface area contributed by atoms with Crippen LogP contribution in [0, 0.1) is 23.2 Å². The predicted octanol–water partition coefficient (Wildman–Crippen LogP) is 3.60. The Morgan fingerprint density at radius 3 is 1.61 bits per heavy atom. The zero-order valence-corrected chi connectivity index (χ0v) is 13.5. The Morgan fingerprint density at radius 1 is 0.870 bits per heavy atom. The van der Waals surface area contributed by atoms with E-state index in [0.717, 1.165) is 11.1 Å². The van der Waals surface area contributed by atoms with Crippen molar-refractivity contribution in [3.05, 3.63) is 71.8 Å². The molecule has 3 rings (SSSR count). The first kappa shape index (κ1) is 15.7. The predicted molar refractivity (Wildman–Crippen MR) is 90.4 cm³/mol. The molecule has 1 fully saturated rings. The van der Waals surface area contributed by atoms with Gasteiger partial charge in [-0.2, -0.15) is 5.26 Å². The standard InChI is InChI=1S/C20H22N2O/c1-14-18(16-9-5-3-6-10-16)22-19(15(2)20(14,23)13-21)17-11-7-4-8-12-17/h3-12,14-15,18-19,22-23H,1-2H3. The van der Waals surface area contributed by atoms with Crippen molar-refractivity contribution in [3.63, 3.8) is 0 Å². The number of hydrogen-bond donors (Lipinski definition) is 2. The van der Waals surface area contributed by atoms with Gasteiger partial charge < -0.3 is 10.4 Å². The van der Waals surface area contributed by atoms with Crippen LogP contribution in [-0.4, -0.2) is 10.7 Å². The lowest BCUT2D eigenvalue weighted by molar-refractivity contribution is -0.0662. The molecule has 0 saturated carbocycles. The lowest BCUT2D eigenvalue weighted by Gasteiger charge is -2.48. The largest absolute Gasteiger partial charge is 0.375 e. The number of hydrogen-bond acceptors (Lipinski definition) is 3. The molecule has 0 aliphatic carbocycles. The quantitative estimate of drug-likeness (QED) is 0.834. The molecule has 0 bridgehead atoms. The summed E-state index contributed by atoms with van der Waals surface area (Å²) in [4.78, 5) is 0. The molecule has 0 spiro atoms. The van der Waals surface area contributed by atoms with Gasteiger partial charge in [0.25, 0.3) is 0 Å². The minimum Gasteiger partial charge on any atom is -0.375 e. The van der Waals surface area contributed by atoms with Crippen molar-refractivity contribution in [1.29, 1.82) is 5.26 Å². The highest BCUT2D eigenvalue weighted by molar-refractivity contribution is 5.30. The number of piperidine rings is 1. The van der Waals surface area contributed by atoms with E-state index in [4.69, 9.17) is 0 Å². The number of nitriles is 1. The third kappa shape index (κ3) is 2.65. The number of nitrogens with zero attached hydrogens (tertiary/aromatic N) is 1. The maximum absolute atomic E-state index is 11.1. The Morgan fingerprint density at radius 2 is 1.26 bits per heavy atom. The number of nitrogens with one attached hydrogen (secondary N) is 1. The van der Waals surface area contributed by atoms with E-state index in [1.165, 1.54) is 0 Å². The zero-order valence-electron chi connectivity index (χ0n) is 13.5. The number of rotatable bonds is 2. The second kappa shape index (κ2) is 6.16. The van der Waals surface area contributed by atoms with Gasteiger partial charge in [0.05, 0.1) is 6.07 Å². The van der Waals surface area contributed by atoms with Gasteiger partial charge in [-0.3, -0.25) is 0 Å². The molecule has 1 heterocycles. The second-order valence-corrected chi connectivity index (χ2v) is 6.46. The molecule has 1 saturated heterocycles. The van der Waals surface area contributed by atoms with Crippen LogP contribution in [0.1, 0.15) is 37.1 Å². The molecule has 2 aromatic carbocycles. The van der Waals surface area contributed by atoms with Crippen molar-refractivity contribution in [2.45, 2.75) is 31.5 Å². The summed E-state index contributed by atoms with van der Waals surface area (Å²) < 4.78 is 0. The third-order valence-electron chi connectivity index (χ3n) is 5.24. The first-order valence-corrected chi connectivity index (χ1v) is 8.07. The van der Waals surface area contributed by atoms with E-state index in [0.29, 0.717) is 0 Å².